The molecule has 1 amide bonds. The Morgan fingerprint density at radius 2 is 2.10 bits per heavy atom. The summed E-state index contributed by atoms with van der Waals surface area (Å²) in [6.07, 6.45) is 9.72. The molecule has 0 radical (unpaired) electrons. The van der Waals surface area contributed by atoms with Crippen LogP contribution in [0.1, 0.15) is 73.1 Å². The van der Waals surface area contributed by atoms with Gasteiger partial charge < -0.3 is 9.64 Å². The molecule has 0 aromatic rings. The summed E-state index contributed by atoms with van der Waals surface area (Å²) in [4.78, 5) is 34.4. The maximum absolute atomic E-state index is 13.2. The van der Waals surface area contributed by atoms with E-state index in [1.807, 2.05) is 25.7 Å². The maximum atomic E-state index is 13.2. The number of guanidine groups is 1. The Hall–Kier alpha value is -2.11. The first-order chi connectivity index (χ1) is 14.1. The second-order valence-electron chi connectivity index (χ2n) is 9.67. The Labute approximate surface area is 182 Å². The molecule has 0 aromatic carbocycles. The molecule has 1 heterocycles. The minimum atomic E-state index is -0.652. The Bertz CT molecular complexity index is 688. The summed E-state index contributed by atoms with van der Waals surface area (Å²) in [5.74, 6) is 0.846. The third-order valence-electron chi connectivity index (χ3n) is 5.26. The first kappa shape index (κ1) is 24.2. The van der Waals surface area contributed by atoms with E-state index in [-0.39, 0.29) is 18.2 Å². The molecule has 168 valence electrons. The van der Waals surface area contributed by atoms with Crippen molar-refractivity contribution in [2.75, 3.05) is 19.6 Å². The number of aliphatic imine (C=N–C) groups is 1. The highest BCUT2D eigenvalue weighted by Crippen LogP contribution is 2.25. The van der Waals surface area contributed by atoms with Crippen LogP contribution >= 0.6 is 0 Å². The molecule has 0 unspecified atom stereocenters. The summed E-state index contributed by atoms with van der Waals surface area (Å²) in [5, 5.41) is 0. The summed E-state index contributed by atoms with van der Waals surface area (Å²) in [5.41, 5.74) is 0.784. The smallest absolute Gasteiger partial charge is 0.417 e. The monoisotopic (exact) mass is 417 g/mol. The van der Waals surface area contributed by atoms with Crippen LogP contribution in [0.2, 0.25) is 0 Å². The second kappa shape index (κ2) is 10.8. The molecule has 2 rings (SSSR count). The highest BCUT2D eigenvalue weighted by Gasteiger charge is 2.43. The van der Waals surface area contributed by atoms with Crippen molar-refractivity contribution < 1.29 is 14.3 Å². The standard InChI is InChI=1S/C24H39N3O3/c1-7-14-25-22-26(15-13-19-11-9-8-10-12-19)17-21(28)20(16-18(2)3)27(22)23(29)30-24(4,5)6/h7,11,18,20H,1,8-10,12-17H2,2-6H3/t20-/m0/s1. The van der Waals surface area contributed by atoms with Gasteiger partial charge in [-0.05, 0) is 65.2 Å². The fourth-order valence-corrected chi connectivity index (χ4v) is 3.92. The molecule has 6 nitrogen and oxygen atoms in total. The van der Waals surface area contributed by atoms with Crippen LogP contribution < -0.4 is 0 Å². The van der Waals surface area contributed by atoms with Crippen LogP contribution in [0.25, 0.3) is 0 Å². The maximum Gasteiger partial charge on any atom is 0.417 e. The van der Waals surface area contributed by atoms with Gasteiger partial charge in [0.15, 0.2) is 5.78 Å². The molecule has 1 saturated heterocycles. The fourth-order valence-electron chi connectivity index (χ4n) is 3.92. The van der Waals surface area contributed by atoms with Crippen molar-refractivity contribution in [1.29, 1.82) is 0 Å². The van der Waals surface area contributed by atoms with Crippen LogP contribution in [0.4, 0.5) is 4.79 Å². The molecular formula is C24H39N3O3. The van der Waals surface area contributed by atoms with Gasteiger partial charge in [-0.1, -0.05) is 31.6 Å². The van der Waals surface area contributed by atoms with Gasteiger partial charge in [0.05, 0.1) is 13.1 Å². The average Bonchev–Trinajstić information content (AvgIpc) is 2.65. The first-order valence-electron chi connectivity index (χ1n) is 11.3. The van der Waals surface area contributed by atoms with Crippen molar-refractivity contribution in [1.82, 2.24) is 9.80 Å². The van der Waals surface area contributed by atoms with Gasteiger partial charge in [-0.2, -0.15) is 0 Å². The first-order valence-corrected chi connectivity index (χ1v) is 11.3. The van der Waals surface area contributed by atoms with Gasteiger partial charge in [0, 0.05) is 6.54 Å². The minimum Gasteiger partial charge on any atom is -0.443 e. The second-order valence-corrected chi connectivity index (χ2v) is 9.67. The lowest BCUT2D eigenvalue weighted by Gasteiger charge is -2.43. The molecular weight excluding hydrogens is 378 g/mol. The number of ketones is 1. The molecule has 0 saturated carbocycles. The highest BCUT2D eigenvalue weighted by molar-refractivity contribution is 6.05. The van der Waals surface area contributed by atoms with Crippen molar-refractivity contribution >= 4 is 17.8 Å². The third-order valence-corrected chi connectivity index (χ3v) is 5.26. The van der Waals surface area contributed by atoms with Gasteiger partial charge in [0.2, 0.25) is 5.96 Å². The van der Waals surface area contributed by atoms with Gasteiger partial charge in [0.1, 0.15) is 11.6 Å². The van der Waals surface area contributed by atoms with E-state index in [9.17, 15) is 9.59 Å². The molecule has 30 heavy (non-hydrogen) atoms. The summed E-state index contributed by atoms with van der Waals surface area (Å²) < 4.78 is 5.68. The Morgan fingerprint density at radius 3 is 2.67 bits per heavy atom. The van der Waals surface area contributed by atoms with Gasteiger partial charge in [-0.15, -0.1) is 6.58 Å². The topological polar surface area (TPSA) is 62.2 Å². The van der Waals surface area contributed by atoms with Crippen LogP contribution in [0.15, 0.2) is 29.3 Å². The van der Waals surface area contributed by atoms with E-state index >= 15 is 0 Å². The van der Waals surface area contributed by atoms with E-state index < -0.39 is 17.7 Å². The number of Topliss-reactive ketones (excluding diaryl/α,β-unsaturated/α-hetero) is 1. The lowest BCUT2D eigenvalue weighted by molar-refractivity contribution is -0.126. The molecule has 1 aliphatic heterocycles. The minimum absolute atomic E-state index is 0.0461. The lowest BCUT2D eigenvalue weighted by atomic mass is 9.95. The van der Waals surface area contributed by atoms with E-state index in [0.29, 0.717) is 25.5 Å². The number of carbonyl (C=O) groups excluding carboxylic acids is 2. The zero-order valence-electron chi connectivity index (χ0n) is 19.4. The van der Waals surface area contributed by atoms with E-state index in [0.717, 1.165) is 19.3 Å². The Kier molecular flexibility index (Phi) is 8.68. The predicted octanol–water partition coefficient (Wildman–Crippen LogP) is 4.96. The average molecular weight is 418 g/mol. The van der Waals surface area contributed by atoms with Crippen molar-refractivity contribution in [3.05, 3.63) is 24.3 Å². The van der Waals surface area contributed by atoms with Crippen molar-refractivity contribution in [3.63, 3.8) is 0 Å². The molecule has 1 fully saturated rings. The van der Waals surface area contributed by atoms with E-state index in [1.165, 1.54) is 23.3 Å². The van der Waals surface area contributed by atoms with E-state index in [4.69, 9.17) is 4.74 Å². The van der Waals surface area contributed by atoms with Gasteiger partial charge >= 0.3 is 6.09 Å². The molecule has 0 N–H and O–H groups in total. The Balaban J connectivity index is 2.33. The zero-order valence-corrected chi connectivity index (χ0v) is 19.4. The molecule has 0 aromatic heterocycles. The van der Waals surface area contributed by atoms with Gasteiger partial charge in [0.25, 0.3) is 0 Å². The molecule has 0 bridgehead atoms. The van der Waals surface area contributed by atoms with Crippen LogP contribution in [-0.4, -0.2) is 58.9 Å². The van der Waals surface area contributed by atoms with E-state index in [1.54, 1.807) is 6.08 Å². The van der Waals surface area contributed by atoms with Crippen LogP contribution in [0, 0.1) is 5.92 Å². The molecule has 0 spiro atoms. The number of carbonyl (C=O) groups is 2. The summed E-state index contributed by atoms with van der Waals surface area (Å²) in [7, 11) is 0. The number of nitrogens with zero attached hydrogens (tertiary/aromatic N) is 3. The summed E-state index contributed by atoms with van der Waals surface area (Å²) in [6, 6.07) is -0.548. The Morgan fingerprint density at radius 1 is 1.37 bits per heavy atom. The van der Waals surface area contributed by atoms with Crippen molar-refractivity contribution in [2.24, 2.45) is 10.9 Å². The fraction of sp³-hybridized carbons (Fsp3) is 0.708. The SMILES string of the molecule is C=CCN=C1N(CCC2=CCCCC2)CC(=O)[C@H](CC(C)C)N1C(=O)OC(C)(C)C. The van der Waals surface area contributed by atoms with Crippen LogP contribution in [-0.2, 0) is 9.53 Å². The summed E-state index contributed by atoms with van der Waals surface area (Å²) >= 11 is 0. The number of hydrogen-bond acceptors (Lipinski definition) is 4. The number of amides is 1. The van der Waals surface area contributed by atoms with Crippen LogP contribution in [0.5, 0.6) is 0 Å². The largest absolute Gasteiger partial charge is 0.443 e. The highest BCUT2D eigenvalue weighted by atomic mass is 16.6. The lowest BCUT2D eigenvalue weighted by Crippen LogP contribution is -2.63. The number of hydrogen-bond donors (Lipinski definition) is 0. The zero-order chi connectivity index (χ0) is 22.3. The van der Waals surface area contributed by atoms with Crippen molar-refractivity contribution in [3.8, 4) is 0 Å². The third kappa shape index (κ3) is 6.99. The number of rotatable bonds is 7. The normalized spacial score (nSPS) is 21.8. The van der Waals surface area contributed by atoms with E-state index in [2.05, 4.69) is 31.5 Å². The van der Waals surface area contributed by atoms with Gasteiger partial charge in [-0.3, -0.25) is 4.79 Å². The van der Waals surface area contributed by atoms with Crippen LogP contribution in [0.3, 0.4) is 0 Å². The quantitative estimate of drug-likeness (QED) is 0.550. The molecule has 2 aliphatic rings. The number of allylic oxidation sites excluding steroid dienone is 1. The van der Waals surface area contributed by atoms with Crippen molar-refractivity contribution in [2.45, 2.75) is 84.8 Å². The summed E-state index contributed by atoms with van der Waals surface area (Å²) in [6.45, 7) is 14.7. The van der Waals surface area contributed by atoms with Gasteiger partial charge in [-0.25, -0.2) is 14.7 Å². The molecule has 1 atom stereocenters. The molecule has 6 heteroatoms. The number of ether oxygens (including phenoxy) is 1. The molecule has 1 aliphatic carbocycles. The predicted molar refractivity (Wildman–Crippen MR) is 122 cm³/mol.